The van der Waals surface area contributed by atoms with Gasteiger partial charge in [-0.05, 0) is 24.6 Å². The van der Waals surface area contributed by atoms with Gasteiger partial charge in [0.25, 0.3) is 0 Å². The Hall–Kier alpha value is -1.55. The van der Waals surface area contributed by atoms with Crippen molar-refractivity contribution < 1.29 is 9.59 Å². The minimum atomic E-state index is -0.257. The summed E-state index contributed by atoms with van der Waals surface area (Å²) < 4.78 is 0. The Balaban J connectivity index is 1.94. The molecule has 1 aromatic carbocycles. The minimum absolute atomic E-state index is 0.0608. The van der Waals surface area contributed by atoms with Crippen LogP contribution in [0.25, 0.3) is 0 Å². The topological polar surface area (TPSA) is 58.2 Å². The molecule has 1 heterocycles. The molecule has 1 fully saturated rings. The highest BCUT2D eigenvalue weighted by Crippen LogP contribution is 2.17. The van der Waals surface area contributed by atoms with Crippen LogP contribution in [0.5, 0.6) is 0 Å². The third kappa shape index (κ3) is 3.01. The molecular formula is C13H15ClN2O2. The van der Waals surface area contributed by atoms with Crippen LogP contribution in [0.15, 0.2) is 24.3 Å². The fourth-order valence-corrected chi connectivity index (χ4v) is 2.08. The molecule has 5 heteroatoms. The molecule has 18 heavy (non-hydrogen) atoms. The maximum Gasteiger partial charge on any atom is 0.225 e. The summed E-state index contributed by atoms with van der Waals surface area (Å²) in [6, 6.07) is 7.25. The molecule has 0 radical (unpaired) electrons. The highest BCUT2D eigenvalue weighted by Gasteiger charge is 2.28. The van der Waals surface area contributed by atoms with Crippen LogP contribution in [-0.2, 0) is 9.59 Å². The van der Waals surface area contributed by atoms with Gasteiger partial charge in [-0.3, -0.25) is 9.59 Å². The van der Waals surface area contributed by atoms with Gasteiger partial charge in [-0.1, -0.05) is 23.7 Å². The van der Waals surface area contributed by atoms with Gasteiger partial charge in [0.2, 0.25) is 11.8 Å². The molecule has 1 aromatic rings. The van der Waals surface area contributed by atoms with E-state index < -0.39 is 0 Å². The second-order valence-corrected chi connectivity index (χ2v) is 4.92. The molecular weight excluding hydrogens is 252 g/mol. The lowest BCUT2D eigenvalue weighted by Crippen LogP contribution is -2.33. The largest absolute Gasteiger partial charge is 0.355 e. The number of carbonyl (C=O) groups is 2. The molecule has 1 aliphatic heterocycles. The average molecular weight is 267 g/mol. The zero-order valence-corrected chi connectivity index (χ0v) is 10.8. The molecule has 2 rings (SSSR count). The lowest BCUT2D eigenvalue weighted by Gasteiger charge is -2.16. The van der Waals surface area contributed by atoms with Crippen LogP contribution in [0.2, 0.25) is 5.02 Å². The van der Waals surface area contributed by atoms with Crippen LogP contribution in [0.4, 0.5) is 0 Å². The van der Waals surface area contributed by atoms with Gasteiger partial charge in [0.15, 0.2) is 0 Å². The van der Waals surface area contributed by atoms with E-state index in [2.05, 4.69) is 10.6 Å². The van der Waals surface area contributed by atoms with Crippen LogP contribution in [-0.4, -0.2) is 18.4 Å². The standard InChI is InChI=1S/C13H15ClN2O2/c1-8(9-2-4-11(14)5-3-9)16-13(18)10-6-12(17)15-7-10/h2-5,8,10H,6-7H2,1H3,(H,15,17)(H,16,18). The van der Waals surface area contributed by atoms with E-state index >= 15 is 0 Å². The summed E-state index contributed by atoms with van der Waals surface area (Å²) in [5.41, 5.74) is 0.991. The summed E-state index contributed by atoms with van der Waals surface area (Å²) in [4.78, 5) is 23.0. The van der Waals surface area contributed by atoms with E-state index in [1.54, 1.807) is 12.1 Å². The van der Waals surface area contributed by atoms with E-state index in [9.17, 15) is 9.59 Å². The Morgan fingerprint density at radius 2 is 2.11 bits per heavy atom. The number of amides is 2. The predicted molar refractivity (Wildman–Crippen MR) is 69.1 cm³/mol. The second kappa shape index (κ2) is 5.40. The zero-order valence-electron chi connectivity index (χ0n) is 10.1. The number of carbonyl (C=O) groups excluding carboxylic acids is 2. The number of benzene rings is 1. The molecule has 96 valence electrons. The molecule has 0 spiro atoms. The SMILES string of the molecule is CC(NC(=O)C1CNC(=O)C1)c1ccc(Cl)cc1. The lowest BCUT2D eigenvalue weighted by molar-refractivity contribution is -0.127. The van der Waals surface area contributed by atoms with Crippen molar-refractivity contribution in [1.82, 2.24) is 10.6 Å². The highest BCUT2D eigenvalue weighted by atomic mass is 35.5. The first kappa shape index (κ1) is 12.9. The normalized spacial score (nSPS) is 20.3. The van der Waals surface area contributed by atoms with Crippen molar-refractivity contribution in [2.24, 2.45) is 5.92 Å². The van der Waals surface area contributed by atoms with Crippen LogP contribution < -0.4 is 10.6 Å². The third-order valence-corrected chi connectivity index (χ3v) is 3.33. The van der Waals surface area contributed by atoms with E-state index in [1.807, 2.05) is 19.1 Å². The average Bonchev–Trinajstić information content (AvgIpc) is 2.76. The van der Waals surface area contributed by atoms with Crippen LogP contribution in [0.3, 0.4) is 0 Å². The highest BCUT2D eigenvalue weighted by molar-refractivity contribution is 6.30. The van der Waals surface area contributed by atoms with Crippen molar-refractivity contribution in [2.75, 3.05) is 6.54 Å². The lowest BCUT2D eigenvalue weighted by atomic mass is 10.1. The molecule has 0 aliphatic carbocycles. The Morgan fingerprint density at radius 1 is 1.44 bits per heavy atom. The summed E-state index contributed by atoms with van der Waals surface area (Å²) in [5, 5.41) is 6.23. The summed E-state index contributed by atoms with van der Waals surface area (Å²) in [5.74, 6) is -0.405. The van der Waals surface area contributed by atoms with Crippen LogP contribution >= 0.6 is 11.6 Å². The molecule has 4 nitrogen and oxygen atoms in total. The van der Waals surface area contributed by atoms with Gasteiger partial charge >= 0.3 is 0 Å². The van der Waals surface area contributed by atoms with Crippen molar-refractivity contribution in [1.29, 1.82) is 0 Å². The van der Waals surface area contributed by atoms with Crippen molar-refractivity contribution in [3.63, 3.8) is 0 Å². The van der Waals surface area contributed by atoms with Gasteiger partial charge < -0.3 is 10.6 Å². The first-order valence-electron chi connectivity index (χ1n) is 5.89. The monoisotopic (exact) mass is 266 g/mol. The Morgan fingerprint density at radius 3 is 2.67 bits per heavy atom. The first-order chi connectivity index (χ1) is 8.56. The first-order valence-corrected chi connectivity index (χ1v) is 6.26. The number of rotatable bonds is 3. The maximum absolute atomic E-state index is 11.9. The Kier molecular flexibility index (Phi) is 3.87. The fourth-order valence-electron chi connectivity index (χ4n) is 1.96. The van der Waals surface area contributed by atoms with E-state index in [0.29, 0.717) is 11.6 Å². The molecule has 0 aromatic heterocycles. The van der Waals surface area contributed by atoms with Gasteiger partial charge in [0.1, 0.15) is 0 Å². The summed E-state index contributed by atoms with van der Waals surface area (Å²) in [7, 11) is 0. The Labute approximate surface area is 111 Å². The molecule has 2 atom stereocenters. The fraction of sp³-hybridized carbons (Fsp3) is 0.385. The third-order valence-electron chi connectivity index (χ3n) is 3.08. The number of hydrogen-bond donors (Lipinski definition) is 2. The zero-order chi connectivity index (χ0) is 13.1. The van der Waals surface area contributed by atoms with Gasteiger partial charge in [0, 0.05) is 18.0 Å². The van der Waals surface area contributed by atoms with Gasteiger partial charge in [-0.25, -0.2) is 0 Å². The minimum Gasteiger partial charge on any atom is -0.355 e. The van der Waals surface area contributed by atoms with E-state index in [1.165, 1.54) is 0 Å². The molecule has 2 amide bonds. The Bertz CT molecular complexity index is 459. The molecule has 1 aliphatic rings. The van der Waals surface area contributed by atoms with Gasteiger partial charge in [0.05, 0.1) is 12.0 Å². The summed E-state index contributed by atoms with van der Waals surface area (Å²) in [6.07, 6.45) is 0.277. The smallest absolute Gasteiger partial charge is 0.225 e. The number of halogens is 1. The van der Waals surface area contributed by atoms with Crippen molar-refractivity contribution >= 4 is 23.4 Å². The van der Waals surface area contributed by atoms with Crippen LogP contribution in [0.1, 0.15) is 24.9 Å². The predicted octanol–water partition coefficient (Wildman–Crippen LogP) is 1.65. The molecule has 0 saturated carbocycles. The maximum atomic E-state index is 11.9. The molecule has 0 bridgehead atoms. The second-order valence-electron chi connectivity index (χ2n) is 4.49. The molecule has 1 saturated heterocycles. The van der Waals surface area contributed by atoms with Crippen LogP contribution in [0, 0.1) is 5.92 Å². The van der Waals surface area contributed by atoms with Gasteiger partial charge in [-0.2, -0.15) is 0 Å². The quantitative estimate of drug-likeness (QED) is 0.874. The number of nitrogens with one attached hydrogen (secondary N) is 2. The van der Waals surface area contributed by atoms with E-state index in [-0.39, 0.29) is 30.2 Å². The number of hydrogen-bond acceptors (Lipinski definition) is 2. The molecule has 2 unspecified atom stereocenters. The van der Waals surface area contributed by atoms with Crippen molar-refractivity contribution in [2.45, 2.75) is 19.4 Å². The van der Waals surface area contributed by atoms with Gasteiger partial charge in [-0.15, -0.1) is 0 Å². The van der Waals surface area contributed by atoms with Crippen molar-refractivity contribution in [3.8, 4) is 0 Å². The summed E-state index contributed by atoms with van der Waals surface area (Å²) >= 11 is 5.81. The van der Waals surface area contributed by atoms with E-state index in [0.717, 1.165) is 5.56 Å². The summed E-state index contributed by atoms with van der Waals surface area (Å²) in [6.45, 7) is 2.34. The molecule has 2 N–H and O–H groups in total. The van der Waals surface area contributed by atoms with E-state index in [4.69, 9.17) is 11.6 Å². The van der Waals surface area contributed by atoms with Crippen molar-refractivity contribution in [3.05, 3.63) is 34.9 Å².